The highest BCUT2D eigenvalue weighted by Crippen LogP contribution is 2.34. The number of piperazine rings is 1. The Kier molecular flexibility index (Phi) is 2.88. The standard InChI is InChI=1S/C13H22N2O/c16-12-9-14-13(10-5-1-2-6-10)11-7-3-4-8-15(11)12/h10-11,13-14H,1-9H2. The fraction of sp³-hybridized carbons (Fsp3) is 0.923. The molecule has 2 saturated heterocycles. The summed E-state index contributed by atoms with van der Waals surface area (Å²) in [5.74, 6) is 1.16. The summed E-state index contributed by atoms with van der Waals surface area (Å²) < 4.78 is 0. The van der Waals surface area contributed by atoms with E-state index in [1.807, 2.05) is 0 Å². The van der Waals surface area contributed by atoms with Crippen molar-refractivity contribution < 1.29 is 4.79 Å². The van der Waals surface area contributed by atoms with E-state index < -0.39 is 0 Å². The van der Waals surface area contributed by atoms with Crippen molar-refractivity contribution in [3.05, 3.63) is 0 Å². The van der Waals surface area contributed by atoms with Gasteiger partial charge in [-0.1, -0.05) is 12.8 Å². The van der Waals surface area contributed by atoms with Crippen molar-refractivity contribution in [1.82, 2.24) is 10.2 Å². The van der Waals surface area contributed by atoms with Crippen LogP contribution in [-0.4, -0.2) is 36.0 Å². The van der Waals surface area contributed by atoms with Crippen LogP contribution >= 0.6 is 0 Å². The first-order valence-corrected chi connectivity index (χ1v) is 6.89. The molecule has 0 aromatic rings. The summed E-state index contributed by atoms with van der Waals surface area (Å²) in [7, 11) is 0. The van der Waals surface area contributed by atoms with E-state index in [4.69, 9.17) is 0 Å². The second kappa shape index (κ2) is 4.36. The van der Waals surface area contributed by atoms with E-state index in [-0.39, 0.29) is 0 Å². The average Bonchev–Trinajstić information content (AvgIpc) is 2.83. The van der Waals surface area contributed by atoms with E-state index in [9.17, 15) is 4.79 Å². The summed E-state index contributed by atoms with van der Waals surface area (Å²) in [5, 5.41) is 3.52. The van der Waals surface area contributed by atoms with E-state index in [0.29, 0.717) is 24.5 Å². The number of fused-ring (bicyclic) bond motifs is 1. The number of hydrogen-bond donors (Lipinski definition) is 1. The highest BCUT2D eigenvalue weighted by atomic mass is 16.2. The summed E-state index contributed by atoms with van der Waals surface area (Å²) in [6.07, 6.45) is 9.26. The molecule has 1 N–H and O–H groups in total. The number of carbonyl (C=O) groups is 1. The lowest BCUT2D eigenvalue weighted by atomic mass is 9.84. The Hall–Kier alpha value is -0.570. The maximum Gasteiger partial charge on any atom is 0.236 e. The number of hydrogen-bond acceptors (Lipinski definition) is 2. The Labute approximate surface area is 97.6 Å². The lowest BCUT2D eigenvalue weighted by Gasteiger charge is -2.46. The SMILES string of the molecule is O=C1CNC(C2CCCC2)C2CCCCN12. The topological polar surface area (TPSA) is 32.3 Å². The fourth-order valence-corrected chi connectivity index (χ4v) is 3.88. The zero-order valence-electron chi connectivity index (χ0n) is 9.95. The maximum atomic E-state index is 11.9. The molecule has 90 valence electrons. The van der Waals surface area contributed by atoms with Gasteiger partial charge in [0.05, 0.1) is 6.54 Å². The molecule has 3 rings (SSSR count). The van der Waals surface area contributed by atoms with Crippen molar-refractivity contribution in [2.75, 3.05) is 13.1 Å². The lowest BCUT2D eigenvalue weighted by Crippen LogP contribution is -2.63. The molecule has 2 atom stereocenters. The number of rotatable bonds is 1. The Morgan fingerprint density at radius 1 is 1.06 bits per heavy atom. The third-order valence-electron chi connectivity index (χ3n) is 4.68. The summed E-state index contributed by atoms with van der Waals surface area (Å²) in [5.41, 5.74) is 0. The number of piperidine rings is 1. The molecular weight excluding hydrogens is 200 g/mol. The summed E-state index contributed by atoms with van der Waals surface area (Å²) in [6.45, 7) is 1.59. The Balaban J connectivity index is 1.75. The predicted octanol–water partition coefficient (Wildman–Crippen LogP) is 1.53. The fourth-order valence-electron chi connectivity index (χ4n) is 3.88. The van der Waals surface area contributed by atoms with Crippen LogP contribution < -0.4 is 5.32 Å². The Bertz CT molecular complexity index is 273. The van der Waals surface area contributed by atoms with Crippen LogP contribution in [0.2, 0.25) is 0 Å². The number of carbonyl (C=O) groups excluding carboxylic acids is 1. The van der Waals surface area contributed by atoms with E-state index in [2.05, 4.69) is 10.2 Å². The van der Waals surface area contributed by atoms with Crippen molar-refractivity contribution in [1.29, 1.82) is 0 Å². The van der Waals surface area contributed by atoms with Crippen molar-refractivity contribution in [3.8, 4) is 0 Å². The van der Waals surface area contributed by atoms with Crippen molar-refractivity contribution in [2.24, 2.45) is 5.92 Å². The smallest absolute Gasteiger partial charge is 0.236 e. The molecule has 0 radical (unpaired) electrons. The summed E-state index contributed by atoms with van der Waals surface area (Å²) >= 11 is 0. The molecule has 2 unspecified atom stereocenters. The van der Waals surface area contributed by atoms with Gasteiger partial charge in [-0.3, -0.25) is 4.79 Å². The third kappa shape index (κ3) is 1.75. The molecule has 0 aromatic heterocycles. The lowest BCUT2D eigenvalue weighted by molar-refractivity contribution is -0.139. The van der Waals surface area contributed by atoms with Crippen molar-refractivity contribution in [2.45, 2.75) is 57.0 Å². The van der Waals surface area contributed by atoms with Crippen LogP contribution in [-0.2, 0) is 4.79 Å². The Morgan fingerprint density at radius 3 is 2.62 bits per heavy atom. The van der Waals surface area contributed by atoms with Crippen LogP contribution in [0.4, 0.5) is 0 Å². The quantitative estimate of drug-likeness (QED) is 0.729. The van der Waals surface area contributed by atoms with Crippen LogP contribution in [0, 0.1) is 5.92 Å². The second-order valence-corrected chi connectivity index (χ2v) is 5.60. The first-order valence-electron chi connectivity index (χ1n) is 6.89. The van der Waals surface area contributed by atoms with Gasteiger partial charge in [-0.25, -0.2) is 0 Å². The molecule has 1 aliphatic carbocycles. The zero-order chi connectivity index (χ0) is 11.0. The van der Waals surface area contributed by atoms with Gasteiger partial charge in [0, 0.05) is 18.6 Å². The second-order valence-electron chi connectivity index (χ2n) is 5.60. The molecule has 3 heteroatoms. The van der Waals surface area contributed by atoms with Gasteiger partial charge in [0.2, 0.25) is 5.91 Å². The van der Waals surface area contributed by atoms with Gasteiger partial charge in [0.15, 0.2) is 0 Å². The first-order chi connectivity index (χ1) is 7.86. The molecule has 1 saturated carbocycles. The predicted molar refractivity (Wildman–Crippen MR) is 63.1 cm³/mol. The highest BCUT2D eigenvalue weighted by Gasteiger charge is 2.40. The van der Waals surface area contributed by atoms with Crippen LogP contribution in [0.15, 0.2) is 0 Å². The Morgan fingerprint density at radius 2 is 1.81 bits per heavy atom. The number of nitrogens with one attached hydrogen (secondary N) is 1. The van der Waals surface area contributed by atoms with E-state index >= 15 is 0 Å². The van der Waals surface area contributed by atoms with Crippen molar-refractivity contribution in [3.63, 3.8) is 0 Å². The van der Waals surface area contributed by atoms with Crippen LogP contribution in [0.1, 0.15) is 44.9 Å². The number of nitrogens with zero attached hydrogens (tertiary/aromatic N) is 1. The first kappa shape index (κ1) is 10.6. The van der Waals surface area contributed by atoms with E-state index in [1.165, 1.54) is 44.9 Å². The average molecular weight is 222 g/mol. The van der Waals surface area contributed by atoms with E-state index in [0.717, 1.165) is 12.5 Å². The van der Waals surface area contributed by atoms with Gasteiger partial charge in [-0.05, 0) is 38.0 Å². The van der Waals surface area contributed by atoms with Gasteiger partial charge >= 0.3 is 0 Å². The van der Waals surface area contributed by atoms with Crippen molar-refractivity contribution >= 4 is 5.91 Å². The zero-order valence-corrected chi connectivity index (χ0v) is 9.95. The maximum absolute atomic E-state index is 11.9. The molecule has 1 amide bonds. The molecule has 2 aliphatic heterocycles. The van der Waals surface area contributed by atoms with Crippen LogP contribution in [0.5, 0.6) is 0 Å². The molecule has 3 nitrogen and oxygen atoms in total. The molecule has 2 heterocycles. The van der Waals surface area contributed by atoms with Gasteiger partial charge in [-0.15, -0.1) is 0 Å². The number of amides is 1. The van der Waals surface area contributed by atoms with Crippen LogP contribution in [0.3, 0.4) is 0 Å². The van der Waals surface area contributed by atoms with Crippen LogP contribution in [0.25, 0.3) is 0 Å². The van der Waals surface area contributed by atoms with Gasteiger partial charge in [0.25, 0.3) is 0 Å². The summed E-state index contributed by atoms with van der Waals surface area (Å²) in [4.78, 5) is 14.0. The van der Waals surface area contributed by atoms with Gasteiger partial charge in [0.1, 0.15) is 0 Å². The van der Waals surface area contributed by atoms with E-state index in [1.54, 1.807) is 0 Å². The van der Waals surface area contributed by atoms with Gasteiger partial charge in [-0.2, -0.15) is 0 Å². The molecule has 16 heavy (non-hydrogen) atoms. The van der Waals surface area contributed by atoms with Gasteiger partial charge < -0.3 is 10.2 Å². The minimum absolute atomic E-state index is 0.332. The summed E-state index contributed by atoms with van der Waals surface area (Å²) in [6, 6.07) is 1.11. The normalized spacial score (nSPS) is 36.5. The molecule has 0 aromatic carbocycles. The minimum atomic E-state index is 0.332. The molecular formula is C13H22N2O. The largest absolute Gasteiger partial charge is 0.337 e. The molecule has 3 aliphatic rings. The molecule has 0 spiro atoms. The highest BCUT2D eigenvalue weighted by molar-refractivity contribution is 5.79. The molecule has 3 fully saturated rings. The monoisotopic (exact) mass is 222 g/mol. The third-order valence-corrected chi connectivity index (χ3v) is 4.68. The minimum Gasteiger partial charge on any atom is -0.337 e. The molecule has 0 bridgehead atoms.